The van der Waals surface area contributed by atoms with Crippen LogP contribution in [0.15, 0.2) is 0 Å². The van der Waals surface area contributed by atoms with Gasteiger partial charge in [0.2, 0.25) is 0 Å². The molecule has 0 aromatic carbocycles. The summed E-state index contributed by atoms with van der Waals surface area (Å²) in [6.07, 6.45) is -1.06. The first-order valence-corrected chi connectivity index (χ1v) is 4.14. The molecule has 3 nitrogen and oxygen atoms in total. The van der Waals surface area contributed by atoms with Crippen molar-refractivity contribution in [1.82, 2.24) is 0 Å². The standard InChI is InChI=1S/C8H13FO3/c1-5(10)8(11)12-7-4-2-3-6(7)9/h5-7,10H,2-4H2,1H3/t5-,6-,7-/m1/s1. The smallest absolute Gasteiger partial charge is 0.335 e. The predicted octanol–water partition coefficient (Wildman–Crippen LogP) is 0.801. The highest BCUT2D eigenvalue weighted by molar-refractivity contribution is 5.74. The third-order valence-corrected chi connectivity index (χ3v) is 1.98. The van der Waals surface area contributed by atoms with Crippen molar-refractivity contribution in [2.75, 3.05) is 0 Å². The lowest BCUT2D eigenvalue weighted by Crippen LogP contribution is -2.28. The van der Waals surface area contributed by atoms with Gasteiger partial charge in [0.1, 0.15) is 18.4 Å². The molecule has 0 radical (unpaired) electrons. The van der Waals surface area contributed by atoms with Crippen molar-refractivity contribution in [3.8, 4) is 0 Å². The van der Waals surface area contributed by atoms with Crippen LogP contribution in [0.2, 0.25) is 0 Å². The second kappa shape index (κ2) is 3.85. The SMILES string of the molecule is C[C@@H](O)C(=O)O[C@@H]1CCC[C@H]1F. The molecule has 70 valence electrons. The lowest BCUT2D eigenvalue weighted by atomic mass is 10.3. The van der Waals surface area contributed by atoms with Gasteiger partial charge in [-0.25, -0.2) is 9.18 Å². The molecule has 0 heterocycles. The number of hydrogen-bond donors (Lipinski definition) is 1. The molecule has 1 fully saturated rings. The summed E-state index contributed by atoms with van der Waals surface area (Å²) in [6, 6.07) is 0. The number of aliphatic hydroxyl groups excluding tert-OH is 1. The first-order chi connectivity index (χ1) is 5.61. The van der Waals surface area contributed by atoms with Gasteiger partial charge < -0.3 is 9.84 Å². The Balaban J connectivity index is 2.35. The molecular formula is C8H13FO3. The number of hydrogen-bond acceptors (Lipinski definition) is 3. The van der Waals surface area contributed by atoms with E-state index in [1.807, 2.05) is 0 Å². The summed E-state index contributed by atoms with van der Waals surface area (Å²) < 4.78 is 17.6. The van der Waals surface area contributed by atoms with Gasteiger partial charge in [0.25, 0.3) is 0 Å². The van der Waals surface area contributed by atoms with E-state index in [4.69, 9.17) is 9.84 Å². The number of rotatable bonds is 2. The second-order valence-corrected chi connectivity index (χ2v) is 3.10. The molecule has 12 heavy (non-hydrogen) atoms. The molecule has 1 N–H and O–H groups in total. The molecule has 1 aliphatic rings. The predicted molar refractivity (Wildman–Crippen MR) is 40.3 cm³/mol. The van der Waals surface area contributed by atoms with Gasteiger partial charge >= 0.3 is 5.97 Å². The van der Waals surface area contributed by atoms with E-state index in [2.05, 4.69) is 0 Å². The Morgan fingerprint density at radius 1 is 1.67 bits per heavy atom. The molecule has 1 saturated carbocycles. The highest BCUT2D eigenvalue weighted by Gasteiger charge is 2.31. The van der Waals surface area contributed by atoms with Gasteiger partial charge in [0.05, 0.1) is 0 Å². The summed E-state index contributed by atoms with van der Waals surface area (Å²) in [5.41, 5.74) is 0. The van der Waals surface area contributed by atoms with Crippen LogP contribution in [0.3, 0.4) is 0 Å². The normalized spacial score (nSPS) is 31.6. The maximum absolute atomic E-state index is 12.9. The van der Waals surface area contributed by atoms with E-state index in [0.717, 1.165) is 6.42 Å². The van der Waals surface area contributed by atoms with E-state index in [1.54, 1.807) is 0 Å². The van der Waals surface area contributed by atoms with E-state index in [1.165, 1.54) is 6.92 Å². The zero-order valence-corrected chi connectivity index (χ0v) is 7.00. The van der Waals surface area contributed by atoms with Crippen LogP contribution >= 0.6 is 0 Å². The summed E-state index contributed by atoms with van der Waals surface area (Å²) in [5.74, 6) is -0.732. The van der Waals surface area contributed by atoms with Crippen LogP contribution < -0.4 is 0 Å². The van der Waals surface area contributed by atoms with Crippen molar-refractivity contribution < 1.29 is 19.0 Å². The Labute approximate surface area is 70.5 Å². The highest BCUT2D eigenvalue weighted by Crippen LogP contribution is 2.24. The van der Waals surface area contributed by atoms with E-state index in [0.29, 0.717) is 12.8 Å². The monoisotopic (exact) mass is 176 g/mol. The summed E-state index contributed by atoms with van der Waals surface area (Å²) >= 11 is 0. The Morgan fingerprint density at radius 3 is 2.75 bits per heavy atom. The first-order valence-electron chi connectivity index (χ1n) is 4.14. The van der Waals surface area contributed by atoms with Crippen LogP contribution in [0.1, 0.15) is 26.2 Å². The lowest BCUT2D eigenvalue weighted by molar-refractivity contribution is -0.160. The summed E-state index contributed by atoms with van der Waals surface area (Å²) in [7, 11) is 0. The molecule has 1 aliphatic carbocycles. The molecule has 0 amide bonds. The Kier molecular flexibility index (Phi) is 3.03. The third kappa shape index (κ3) is 2.17. The van der Waals surface area contributed by atoms with E-state index < -0.39 is 24.3 Å². The maximum Gasteiger partial charge on any atom is 0.335 e. The van der Waals surface area contributed by atoms with Crippen molar-refractivity contribution >= 4 is 5.97 Å². The largest absolute Gasteiger partial charge is 0.457 e. The second-order valence-electron chi connectivity index (χ2n) is 3.10. The minimum Gasteiger partial charge on any atom is -0.457 e. The lowest BCUT2D eigenvalue weighted by Gasteiger charge is -2.14. The molecule has 0 aliphatic heterocycles. The summed E-state index contributed by atoms with van der Waals surface area (Å²) in [6.45, 7) is 1.31. The van der Waals surface area contributed by atoms with Crippen LogP contribution in [-0.2, 0) is 9.53 Å². The average Bonchev–Trinajstić information content (AvgIpc) is 2.36. The third-order valence-electron chi connectivity index (χ3n) is 1.98. The maximum atomic E-state index is 12.9. The first kappa shape index (κ1) is 9.45. The number of ether oxygens (including phenoxy) is 1. The van der Waals surface area contributed by atoms with E-state index in [9.17, 15) is 9.18 Å². The molecule has 0 unspecified atom stereocenters. The Bertz CT molecular complexity index is 170. The zero-order chi connectivity index (χ0) is 9.14. The molecular weight excluding hydrogens is 163 g/mol. The van der Waals surface area contributed by atoms with Crippen molar-refractivity contribution in [3.63, 3.8) is 0 Å². The number of aliphatic hydroxyl groups is 1. The van der Waals surface area contributed by atoms with Crippen LogP contribution in [-0.4, -0.2) is 29.5 Å². The van der Waals surface area contributed by atoms with Crippen LogP contribution in [0.4, 0.5) is 4.39 Å². The molecule has 3 atom stereocenters. The van der Waals surface area contributed by atoms with Gasteiger partial charge in [0.15, 0.2) is 0 Å². The highest BCUT2D eigenvalue weighted by atomic mass is 19.1. The number of carbonyl (C=O) groups is 1. The molecule has 0 aromatic rings. The molecule has 0 spiro atoms. The fourth-order valence-corrected chi connectivity index (χ4v) is 1.26. The molecule has 0 bridgehead atoms. The minimum absolute atomic E-state index is 0.456. The Hall–Kier alpha value is -0.640. The van der Waals surface area contributed by atoms with Crippen LogP contribution in [0.5, 0.6) is 0 Å². The van der Waals surface area contributed by atoms with Gasteiger partial charge in [0, 0.05) is 0 Å². The average molecular weight is 176 g/mol. The zero-order valence-electron chi connectivity index (χ0n) is 7.00. The fourth-order valence-electron chi connectivity index (χ4n) is 1.26. The number of carbonyl (C=O) groups excluding carboxylic acids is 1. The van der Waals surface area contributed by atoms with Crippen molar-refractivity contribution in [2.24, 2.45) is 0 Å². The van der Waals surface area contributed by atoms with Crippen molar-refractivity contribution in [3.05, 3.63) is 0 Å². The Morgan fingerprint density at radius 2 is 2.33 bits per heavy atom. The minimum atomic E-state index is -1.15. The van der Waals surface area contributed by atoms with Gasteiger partial charge in [-0.1, -0.05) is 0 Å². The van der Waals surface area contributed by atoms with Crippen LogP contribution in [0.25, 0.3) is 0 Å². The molecule has 4 heteroatoms. The molecule has 0 aromatic heterocycles. The van der Waals surface area contributed by atoms with Crippen LogP contribution in [0, 0.1) is 0 Å². The van der Waals surface area contributed by atoms with Crippen molar-refractivity contribution in [1.29, 1.82) is 0 Å². The molecule has 1 rings (SSSR count). The fraction of sp³-hybridized carbons (Fsp3) is 0.875. The van der Waals surface area contributed by atoms with E-state index in [-0.39, 0.29) is 0 Å². The van der Waals surface area contributed by atoms with Gasteiger partial charge in [-0.05, 0) is 26.2 Å². The molecule has 0 saturated heterocycles. The summed E-state index contributed by atoms with van der Waals surface area (Å²) in [5, 5.41) is 8.77. The van der Waals surface area contributed by atoms with E-state index >= 15 is 0 Å². The van der Waals surface area contributed by atoms with Gasteiger partial charge in [-0.2, -0.15) is 0 Å². The van der Waals surface area contributed by atoms with Gasteiger partial charge in [-0.15, -0.1) is 0 Å². The van der Waals surface area contributed by atoms with Gasteiger partial charge in [-0.3, -0.25) is 0 Å². The summed E-state index contributed by atoms with van der Waals surface area (Å²) in [4.78, 5) is 10.8. The quantitative estimate of drug-likeness (QED) is 0.633. The number of alkyl halides is 1. The number of esters is 1. The topological polar surface area (TPSA) is 46.5 Å². The number of halogens is 1. The van der Waals surface area contributed by atoms with Crippen molar-refractivity contribution in [2.45, 2.75) is 44.6 Å².